The first-order valence-electron chi connectivity index (χ1n) is 8.77. The SMILES string of the molecule is Cc1cn(-c2ccc(F)c(C(C)c3c(C)nc4cccnc4c3N)c2)cn1. The second-order valence-electron chi connectivity index (χ2n) is 6.75. The molecule has 136 valence electrons. The summed E-state index contributed by atoms with van der Waals surface area (Å²) in [5.41, 5.74) is 12.3. The maximum Gasteiger partial charge on any atom is 0.127 e. The average Bonchev–Trinajstić information content (AvgIpc) is 3.08. The van der Waals surface area contributed by atoms with Gasteiger partial charge in [-0.05, 0) is 49.7 Å². The number of imidazole rings is 1. The van der Waals surface area contributed by atoms with E-state index < -0.39 is 0 Å². The Morgan fingerprint density at radius 1 is 1.15 bits per heavy atom. The number of nitrogen functional groups attached to an aromatic ring is 1. The Balaban J connectivity index is 1.86. The summed E-state index contributed by atoms with van der Waals surface area (Å²) in [6, 6.07) is 8.76. The third-order valence-corrected chi connectivity index (χ3v) is 4.90. The lowest BCUT2D eigenvalue weighted by Gasteiger charge is -2.19. The quantitative estimate of drug-likeness (QED) is 0.590. The summed E-state index contributed by atoms with van der Waals surface area (Å²) in [7, 11) is 0. The molecule has 6 heteroatoms. The van der Waals surface area contributed by atoms with E-state index in [1.54, 1.807) is 18.6 Å². The molecular weight excluding hydrogens is 341 g/mol. The topological polar surface area (TPSA) is 69.6 Å². The molecule has 0 aliphatic rings. The predicted molar refractivity (Wildman–Crippen MR) is 104 cm³/mol. The highest BCUT2D eigenvalue weighted by molar-refractivity contribution is 5.88. The number of aryl methyl sites for hydroxylation is 2. The van der Waals surface area contributed by atoms with Crippen LogP contribution >= 0.6 is 0 Å². The minimum atomic E-state index is -0.275. The summed E-state index contributed by atoms with van der Waals surface area (Å²) in [6.07, 6.45) is 5.31. The fourth-order valence-electron chi connectivity index (χ4n) is 3.55. The van der Waals surface area contributed by atoms with Crippen LogP contribution in [0.15, 0.2) is 49.1 Å². The normalized spacial score (nSPS) is 12.4. The van der Waals surface area contributed by atoms with E-state index in [4.69, 9.17) is 5.73 Å². The maximum atomic E-state index is 14.7. The number of rotatable bonds is 3. The van der Waals surface area contributed by atoms with Crippen molar-refractivity contribution in [3.8, 4) is 5.69 Å². The van der Waals surface area contributed by atoms with Crippen LogP contribution in [0.25, 0.3) is 16.7 Å². The third kappa shape index (κ3) is 2.93. The van der Waals surface area contributed by atoms with Gasteiger partial charge in [-0.15, -0.1) is 0 Å². The maximum absolute atomic E-state index is 14.7. The molecule has 27 heavy (non-hydrogen) atoms. The van der Waals surface area contributed by atoms with Gasteiger partial charge >= 0.3 is 0 Å². The molecule has 2 N–H and O–H groups in total. The van der Waals surface area contributed by atoms with Gasteiger partial charge in [-0.1, -0.05) is 6.92 Å². The molecule has 1 unspecified atom stereocenters. The van der Waals surface area contributed by atoms with Crippen LogP contribution in [-0.2, 0) is 0 Å². The Hall–Kier alpha value is -3.28. The highest BCUT2D eigenvalue weighted by atomic mass is 19.1. The molecule has 0 aliphatic carbocycles. The Bertz CT molecular complexity index is 1150. The lowest BCUT2D eigenvalue weighted by Crippen LogP contribution is -2.09. The number of anilines is 1. The van der Waals surface area contributed by atoms with E-state index in [9.17, 15) is 4.39 Å². The van der Waals surface area contributed by atoms with Gasteiger partial charge in [0, 0.05) is 35.3 Å². The van der Waals surface area contributed by atoms with Crippen LogP contribution in [-0.4, -0.2) is 19.5 Å². The van der Waals surface area contributed by atoms with E-state index in [0.717, 1.165) is 28.2 Å². The first-order chi connectivity index (χ1) is 13.0. The monoisotopic (exact) mass is 361 g/mol. The van der Waals surface area contributed by atoms with Crippen LogP contribution in [0.5, 0.6) is 0 Å². The van der Waals surface area contributed by atoms with Crippen LogP contribution in [0.4, 0.5) is 10.1 Å². The molecule has 1 atom stereocenters. The van der Waals surface area contributed by atoms with E-state index in [0.29, 0.717) is 16.8 Å². The van der Waals surface area contributed by atoms with Crippen molar-refractivity contribution in [3.05, 3.63) is 77.4 Å². The van der Waals surface area contributed by atoms with Crippen LogP contribution in [0.3, 0.4) is 0 Å². The summed E-state index contributed by atoms with van der Waals surface area (Å²) in [5.74, 6) is -0.545. The number of aromatic nitrogens is 4. The number of hydrogen-bond acceptors (Lipinski definition) is 4. The van der Waals surface area contributed by atoms with Crippen molar-refractivity contribution < 1.29 is 4.39 Å². The zero-order valence-corrected chi connectivity index (χ0v) is 15.4. The molecule has 0 saturated heterocycles. The number of nitrogens with two attached hydrogens (primary N) is 1. The molecule has 0 radical (unpaired) electrons. The standard InChI is InChI=1S/C21H20FN5/c1-12-10-27(11-25-12)15-6-7-17(22)16(9-15)13(2)19-14(3)26-18-5-4-8-24-21(18)20(19)23/h4-11,13H,1-3H3,(H2,23,26). The van der Waals surface area contributed by atoms with Crippen molar-refractivity contribution in [2.45, 2.75) is 26.7 Å². The summed E-state index contributed by atoms with van der Waals surface area (Å²) in [4.78, 5) is 13.2. The van der Waals surface area contributed by atoms with E-state index in [2.05, 4.69) is 15.0 Å². The van der Waals surface area contributed by atoms with Gasteiger partial charge in [0.15, 0.2) is 0 Å². The number of fused-ring (bicyclic) bond motifs is 1. The lowest BCUT2D eigenvalue weighted by atomic mass is 9.89. The van der Waals surface area contributed by atoms with Gasteiger partial charge in [-0.2, -0.15) is 0 Å². The molecule has 0 saturated carbocycles. The fourth-order valence-corrected chi connectivity index (χ4v) is 3.55. The predicted octanol–water partition coefficient (Wildman–Crippen LogP) is 4.31. The molecule has 1 aromatic carbocycles. The van der Waals surface area contributed by atoms with Crippen molar-refractivity contribution in [2.75, 3.05) is 5.73 Å². The number of benzene rings is 1. The van der Waals surface area contributed by atoms with Crippen LogP contribution in [0.2, 0.25) is 0 Å². The van der Waals surface area contributed by atoms with Crippen LogP contribution < -0.4 is 5.73 Å². The van der Waals surface area contributed by atoms with Gasteiger partial charge in [0.1, 0.15) is 11.3 Å². The van der Waals surface area contributed by atoms with Crippen molar-refractivity contribution in [3.63, 3.8) is 0 Å². The number of halogens is 1. The molecule has 4 aromatic rings. The highest BCUT2D eigenvalue weighted by Gasteiger charge is 2.21. The summed E-state index contributed by atoms with van der Waals surface area (Å²) in [5, 5.41) is 0. The number of pyridine rings is 2. The van der Waals surface area contributed by atoms with E-state index >= 15 is 0 Å². The van der Waals surface area contributed by atoms with Gasteiger partial charge in [-0.25, -0.2) is 9.37 Å². The largest absolute Gasteiger partial charge is 0.397 e. The molecule has 3 aromatic heterocycles. The number of hydrogen-bond donors (Lipinski definition) is 1. The zero-order valence-electron chi connectivity index (χ0n) is 15.4. The van der Waals surface area contributed by atoms with Gasteiger partial charge in [0.05, 0.1) is 23.2 Å². The minimum absolute atomic E-state index is 0.270. The second kappa shape index (κ2) is 6.46. The van der Waals surface area contributed by atoms with Crippen molar-refractivity contribution in [2.24, 2.45) is 0 Å². The Morgan fingerprint density at radius 2 is 1.96 bits per heavy atom. The molecule has 0 aliphatic heterocycles. The molecule has 5 nitrogen and oxygen atoms in total. The first kappa shape index (κ1) is 17.1. The van der Waals surface area contributed by atoms with Gasteiger partial charge in [0.25, 0.3) is 0 Å². The molecule has 4 rings (SSSR count). The molecule has 0 bridgehead atoms. The molecule has 3 heterocycles. The fraction of sp³-hybridized carbons (Fsp3) is 0.190. The van der Waals surface area contributed by atoms with E-state index in [1.165, 1.54) is 6.07 Å². The van der Waals surface area contributed by atoms with Gasteiger partial charge in [-0.3, -0.25) is 9.97 Å². The van der Waals surface area contributed by atoms with Crippen molar-refractivity contribution in [1.82, 2.24) is 19.5 Å². The average molecular weight is 361 g/mol. The van der Waals surface area contributed by atoms with E-state index in [-0.39, 0.29) is 11.7 Å². The van der Waals surface area contributed by atoms with Crippen LogP contribution in [0.1, 0.15) is 35.4 Å². The Morgan fingerprint density at radius 3 is 2.70 bits per heavy atom. The van der Waals surface area contributed by atoms with Crippen molar-refractivity contribution in [1.29, 1.82) is 0 Å². The lowest BCUT2D eigenvalue weighted by molar-refractivity contribution is 0.602. The smallest absolute Gasteiger partial charge is 0.127 e. The molecule has 0 fully saturated rings. The first-order valence-corrected chi connectivity index (χ1v) is 8.77. The molecular formula is C21H20FN5. The van der Waals surface area contributed by atoms with E-state index in [1.807, 2.05) is 49.7 Å². The summed E-state index contributed by atoms with van der Waals surface area (Å²) in [6.45, 7) is 5.76. The van der Waals surface area contributed by atoms with Crippen LogP contribution in [0, 0.1) is 19.7 Å². The van der Waals surface area contributed by atoms with Gasteiger partial charge in [0.2, 0.25) is 0 Å². The Labute approximate surface area is 156 Å². The molecule has 0 amide bonds. The Kier molecular flexibility index (Phi) is 4.11. The van der Waals surface area contributed by atoms with Gasteiger partial charge < -0.3 is 10.3 Å². The van der Waals surface area contributed by atoms with Crippen molar-refractivity contribution >= 4 is 16.7 Å². The third-order valence-electron chi connectivity index (χ3n) is 4.90. The zero-order chi connectivity index (χ0) is 19.1. The molecule has 0 spiro atoms. The number of nitrogens with zero attached hydrogens (tertiary/aromatic N) is 4. The second-order valence-corrected chi connectivity index (χ2v) is 6.75. The summed E-state index contributed by atoms with van der Waals surface area (Å²) < 4.78 is 16.6. The minimum Gasteiger partial charge on any atom is -0.397 e. The highest BCUT2D eigenvalue weighted by Crippen LogP contribution is 2.35. The summed E-state index contributed by atoms with van der Waals surface area (Å²) >= 11 is 0.